The third-order valence-electron chi connectivity index (χ3n) is 4.80. The molecule has 1 N–H and O–H groups in total. The summed E-state index contributed by atoms with van der Waals surface area (Å²) in [5.41, 5.74) is 2.88. The van der Waals surface area contributed by atoms with Gasteiger partial charge in [-0.2, -0.15) is 0 Å². The van der Waals surface area contributed by atoms with Crippen molar-refractivity contribution in [2.75, 3.05) is 38.1 Å². The molecule has 7 heteroatoms. The van der Waals surface area contributed by atoms with E-state index >= 15 is 0 Å². The summed E-state index contributed by atoms with van der Waals surface area (Å²) in [5, 5.41) is 2.85. The molecule has 0 saturated carbocycles. The Balaban J connectivity index is 1.58. The van der Waals surface area contributed by atoms with Crippen molar-refractivity contribution in [1.82, 2.24) is 9.80 Å². The number of amides is 3. The number of ether oxygens (including phenoxy) is 1. The molecule has 1 saturated heterocycles. The number of anilines is 1. The number of nitrogens with one attached hydrogen (secondary N) is 1. The minimum absolute atomic E-state index is 0.0389. The van der Waals surface area contributed by atoms with Crippen molar-refractivity contribution >= 4 is 23.6 Å². The Kier molecular flexibility index (Phi) is 5.75. The molecule has 0 radical (unpaired) electrons. The number of fused-ring (bicyclic) bond motifs is 1. The van der Waals surface area contributed by atoms with Gasteiger partial charge in [0.1, 0.15) is 0 Å². The van der Waals surface area contributed by atoms with Crippen molar-refractivity contribution in [1.29, 1.82) is 0 Å². The van der Waals surface area contributed by atoms with Crippen LogP contribution in [0.5, 0.6) is 0 Å². The summed E-state index contributed by atoms with van der Waals surface area (Å²) in [4.78, 5) is 39.4. The fourth-order valence-electron chi connectivity index (χ4n) is 3.40. The second-order valence-corrected chi connectivity index (χ2v) is 6.64. The van der Waals surface area contributed by atoms with E-state index in [4.69, 9.17) is 4.74 Å². The molecule has 1 aromatic carbocycles. The maximum atomic E-state index is 12.7. The fraction of sp³-hybridized carbons (Fsp3) is 0.526. The van der Waals surface area contributed by atoms with Crippen molar-refractivity contribution in [3.63, 3.8) is 0 Å². The normalized spacial score (nSPS) is 17.2. The van der Waals surface area contributed by atoms with Crippen LogP contribution in [0.4, 0.5) is 10.5 Å². The lowest BCUT2D eigenvalue weighted by Gasteiger charge is -2.22. The monoisotopic (exact) mass is 359 g/mol. The van der Waals surface area contributed by atoms with Crippen molar-refractivity contribution in [3.05, 3.63) is 29.3 Å². The van der Waals surface area contributed by atoms with Gasteiger partial charge in [0.05, 0.1) is 13.0 Å². The van der Waals surface area contributed by atoms with Gasteiger partial charge in [0, 0.05) is 38.3 Å². The Morgan fingerprint density at radius 1 is 1.12 bits per heavy atom. The van der Waals surface area contributed by atoms with Crippen LogP contribution in [-0.2, 0) is 27.2 Å². The molecule has 0 atom stereocenters. The molecule has 2 heterocycles. The van der Waals surface area contributed by atoms with Crippen LogP contribution in [0.3, 0.4) is 0 Å². The lowest BCUT2D eigenvalue weighted by molar-refractivity contribution is -0.130. The number of carbonyl (C=O) groups is 3. The average Bonchev–Trinajstić information content (AvgIpc) is 2.88. The van der Waals surface area contributed by atoms with Crippen LogP contribution in [0.2, 0.25) is 0 Å². The zero-order valence-electron chi connectivity index (χ0n) is 15.1. The quantitative estimate of drug-likeness (QED) is 0.893. The van der Waals surface area contributed by atoms with Crippen molar-refractivity contribution < 1.29 is 19.1 Å². The number of carbonyl (C=O) groups excluding carboxylic acids is 3. The highest BCUT2D eigenvalue weighted by Crippen LogP contribution is 2.24. The van der Waals surface area contributed by atoms with Gasteiger partial charge in [0.25, 0.3) is 0 Å². The molecule has 2 aliphatic heterocycles. The maximum absolute atomic E-state index is 12.7. The molecule has 140 valence electrons. The molecule has 1 fully saturated rings. The predicted octanol–water partition coefficient (Wildman–Crippen LogP) is 1.80. The lowest BCUT2D eigenvalue weighted by Crippen LogP contribution is -2.38. The summed E-state index contributed by atoms with van der Waals surface area (Å²) in [6.07, 6.45) is 1.97. The van der Waals surface area contributed by atoms with Gasteiger partial charge in [0.15, 0.2) is 0 Å². The van der Waals surface area contributed by atoms with Crippen LogP contribution >= 0.6 is 0 Å². The number of rotatable bonds is 3. The Labute approximate surface area is 153 Å². The van der Waals surface area contributed by atoms with E-state index in [1.54, 1.807) is 11.8 Å². The topological polar surface area (TPSA) is 79.0 Å². The molecular formula is C19H25N3O4. The van der Waals surface area contributed by atoms with Gasteiger partial charge in [-0.15, -0.1) is 0 Å². The Morgan fingerprint density at radius 3 is 2.69 bits per heavy atom. The van der Waals surface area contributed by atoms with Crippen LogP contribution in [0.1, 0.15) is 30.9 Å². The molecule has 3 amide bonds. The van der Waals surface area contributed by atoms with Crippen molar-refractivity contribution in [3.8, 4) is 0 Å². The van der Waals surface area contributed by atoms with Crippen LogP contribution in [-0.4, -0.2) is 60.5 Å². The lowest BCUT2D eigenvalue weighted by atomic mass is 9.99. The van der Waals surface area contributed by atoms with Gasteiger partial charge >= 0.3 is 6.09 Å². The SMILES string of the molecule is CCOC(=O)N1CCCN(C(=O)Cc2ccc3c(c2)CCC(=O)N3)CC1. The number of hydrogen-bond donors (Lipinski definition) is 1. The molecule has 0 unspecified atom stereocenters. The summed E-state index contributed by atoms with van der Waals surface area (Å²) in [6.45, 7) is 4.43. The number of hydrogen-bond acceptors (Lipinski definition) is 4. The molecule has 0 bridgehead atoms. The molecule has 26 heavy (non-hydrogen) atoms. The second-order valence-electron chi connectivity index (χ2n) is 6.64. The van der Waals surface area contributed by atoms with Gasteiger partial charge in [0.2, 0.25) is 11.8 Å². The van der Waals surface area contributed by atoms with Gasteiger partial charge in [-0.25, -0.2) is 4.79 Å². The molecule has 0 aliphatic carbocycles. The summed E-state index contributed by atoms with van der Waals surface area (Å²) in [5.74, 6) is 0.104. The van der Waals surface area contributed by atoms with Gasteiger partial charge in [-0.3, -0.25) is 9.59 Å². The molecular weight excluding hydrogens is 334 g/mol. The van der Waals surface area contributed by atoms with Crippen LogP contribution in [0.25, 0.3) is 0 Å². The summed E-state index contributed by atoms with van der Waals surface area (Å²) in [7, 11) is 0. The van der Waals surface area contributed by atoms with Gasteiger partial charge in [-0.1, -0.05) is 12.1 Å². The van der Waals surface area contributed by atoms with E-state index < -0.39 is 0 Å². The minimum Gasteiger partial charge on any atom is -0.450 e. The number of aryl methyl sites for hydroxylation is 1. The summed E-state index contributed by atoms with van der Waals surface area (Å²) < 4.78 is 5.04. The third kappa shape index (κ3) is 4.33. The highest BCUT2D eigenvalue weighted by Gasteiger charge is 2.23. The van der Waals surface area contributed by atoms with E-state index in [0.29, 0.717) is 52.0 Å². The molecule has 1 aromatic rings. The average molecular weight is 359 g/mol. The van der Waals surface area contributed by atoms with E-state index in [1.165, 1.54) is 0 Å². The van der Waals surface area contributed by atoms with E-state index in [-0.39, 0.29) is 17.9 Å². The largest absolute Gasteiger partial charge is 0.450 e. The Morgan fingerprint density at radius 2 is 1.88 bits per heavy atom. The van der Waals surface area contributed by atoms with E-state index in [0.717, 1.165) is 23.2 Å². The van der Waals surface area contributed by atoms with E-state index in [9.17, 15) is 14.4 Å². The smallest absolute Gasteiger partial charge is 0.409 e. The summed E-state index contributed by atoms with van der Waals surface area (Å²) >= 11 is 0. The molecule has 0 spiro atoms. The maximum Gasteiger partial charge on any atom is 0.409 e. The van der Waals surface area contributed by atoms with E-state index in [1.807, 2.05) is 23.1 Å². The first-order valence-corrected chi connectivity index (χ1v) is 9.18. The minimum atomic E-state index is -0.307. The van der Waals surface area contributed by atoms with E-state index in [2.05, 4.69) is 5.32 Å². The van der Waals surface area contributed by atoms with Crippen LogP contribution < -0.4 is 5.32 Å². The third-order valence-corrected chi connectivity index (χ3v) is 4.80. The standard InChI is InChI=1S/C19H25N3O4/c1-2-26-19(25)22-9-3-8-21(10-11-22)18(24)13-14-4-6-16-15(12-14)5-7-17(23)20-16/h4,6,12H,2-3,5,7-11,13H2,1H3,(H,20,23). The zero-order chi connectivity index (χ0) is 18.5. The first-order valence-electron chi connectivity index (χ1n) is 9.18. The molecule has 7 nitrogen and oxygen atoms in total. The van der Waals surface area contributed by atoms with Crippen LogP contribution in [0, 0.1) is 0 Å². The summed E-state index contributed by atoms with van der Waals surface area (Å²) in [6, 6.07) is 5.78. The molecule has 2 aliphatic rings. The second kappa shape index (κ2) is 8.21. The highest BCUT2D eigenvalue weighted by molar-refractivity contribution is 5.94. The first kappa shape index (κ1) is 18.2. The Hall–Kier alpha value is -2.57. The highest BCUT2D eigenvalue weighted by atomic mass is 16.6. The van der Waals surface area contributed by atoms with Crippen molar-refractivity contribution in [2.45, 2.75) is 32.6 Å². The van der Waals surface area contributed by atoms with Gasteiger partial charge < -0.3 is 19.9 Å². The predicted molar refractivity (Wildman–Crippen MR) is 96.9 cm³/mol. The van der Waals surface area contributed by atoms with Crippen molar-refractivity contribution in [2.24, 2.45) is 0 Å². The Bertz CT molecular complexity index is 704. The van der Waals surface area contributed by atoms with Crippen LogP contribution in [0.15, 0.2) is 18.2 Å². The van der Waals surface area contributed by atoms with Gasteiger partial charge in [-0.05, 0) is 37.0 Å². The number of nitrogens with zero attached hydrogens (tertiary/aromatic N) is 2. The molecule has 3 rings (SSSR count). The number of benzene rings is 1. The fourth-order valence-corrected chi connectivity index (χ4v) is 3.40. The first-order chi connectivity index (χ1) is 12.6. The zero-order valence-corrected chi connectivity index (χ0v) is 15.1. The molecule has 0 aromatic heterocycles.